The van der Waals surface area contributed by atoms with Crippen molar-refractivity contribution < 1.29 is 25.8 Å². The maximum absolute atomic E-state index is 3.75. The van der Waals surface area contributed by atoms with Crippen molar-refractivity contribution in [2.45, 2.75) is 85.5 Å². The molecule has 0 heterocycles. The largest absolute Gasteiger partial charge is 0.258 e. The minimum absolute atomic E-state index is 0. The Balaban J connectivity index is -0.00000144. The molecule has 1 atom stereocenters. The number of halogens is 3. The summed E-state index contributed by atoms with van der Waals surface area (Å²) >= 11 is 0. The molecule has 0 saturated heterocycles. The van der Waals surface area contributed by atoms with Gasteiger partial charge in [-0.15, -0.1) is 44.1 Å². The summed E-state index contributed by atoms with van der Waals surface area (Å²) in [7, 11) is 0. The Morgan fingerprint density at radius 2 is 1.11 bits per heavy atom. The molecule has 1 unspecified atom stereocenters. The molecule has 0 aromatic heterocycles. The molecule has 0 nitrogen and oxygen atoms in total. The normalized spacial score (nSPS) is 19.3. The molecule has 1 aliphatic carbocycles. The van der Waals surface area contributed by atoms with Crippen LogP contribution in [0.3, 0.4) is 0 Å². The number of hydrogen-bond acceptors (Lipinski definition) is 0. The second-order valence-electron chi connectivity index (χ2n) is 9.42. The van der Waals surface area contributed by atoms with Gasteiger partial charge >= 0.3 is 0 Å². The van der Waals surface area contributed by atoms with Gasteiger partial charge in [0.1, 0.15) is 0 Å². The topological polar surface area (TPSA) is 0 Å². The van der Waals surface area contributed by atoms with Crippen LogP contribution in [-0.4, -0.2) is 0 Å². The van der Waals surface area contributed by atoms with Crippen LogP contribution in [0.4, 0.5) is 0 Å². The number of hydrogen-bond donors (Lipinski definition) is 0. The van der Waals surface area contributed by atoms with Gasteiger partial charge in [0, 0.05) is 25.8 Å². The van der Waals surface area contributed by atoms with Crippen molar-refractivity contribution in [1.29, 1.82) is 0 Å². The zero-order valence-corrected chi connectivity index (χ0v) is 24.5. The molecule has 0 spiro atoms. The Hall–Kier alpha value is 0.440. The number of benzene rings is 1. The van der Waals surface area contributed by atoms with E-state index in [9.17, 15) is 0 Å². The van der Waals surface area contributed by atoms with Crippen LogP contribution < -0.4 is 0 Å². The van der Waals surface area contributed by atoms with Crippen molar-refractivity contribution in [2.24, 2.45) is 0 Å². The van der Waals surface area contributed by atoms with E-state index in [1.54, 1.807) is 0 Å². The molecule has 1 aliphatic rings. The molecular formula is C23H36Cl3Hf-. The minimum atomic E-state index is -0.102. The van der Waals surface area contributed by atoms with E-state index < -0.39 is 0 Å². The first-order valence-corrected chi connectivity index (χ1v) is 8.73. The van der Waals surface area contributed by atoms with Crippen molar-refractivity contribution >= 4 is 37.2 Å². The Morgan fingerprint density at radius 1 is 0.741 bits per heavy atom. The van der Waals surface area contributed by atoms with Crippen LogP contribution in [-0.2, 0) is 42.1 Å². The van der Waals surface area contributed by atoms with Gasteiger partial charge in [0.15, 0.2) is 0 Å². The molecule has 27 heavy (non-hydrogen) atoms. The maximum Gasteiger partial charge on any atom is 0 e. The molecule has 0 radical (unpaired) electrons. The van der Waals surface area contributed by atoms with Gasteiger partial charge in [0.2, 0.25) is 0 Å². The summed E-state index contributed by atoms with van der Waals surface area (Å²) in [5.41, 5.74) is 8.53. The summed E-state index contributed by atoms with van der Waals surface area (Å²) in [6.45, 7) is 22.8. The third-order valence-electron chi connectivity index (χ3n) is 5.55. The first-order chi connectivity index (χ1) is 10.3. The van der Waals surface area contributed by atoms with Crippen molar-refractivity contribution in [3.05, 3.63) is 57.7 Å². The molecule has 2 rings (SSSR count). The van der Waals surface area contributed by atoms with Crippen LogP contribution >= 0.6 is 37.2 Å². The molecule has 0 bridgehead atoms. The van der Waals surface area contributed by atoms with Gasteiger partial charge in [-0.2, -0.15) is 11.1 Å². The van der Waals surface area contributed by atoms with Crippen LogP contribution in [0.25, 0.3) is 0 Å². The predicted molar refractivity (Wildman–Crippen MR) is 124 cm³/mol. The zero-order chi connectivity index (χ0) is 17.8. The van der Waals surface area contributed by atoms with Crippen molar-refractivity contribution in [1.82, 2.24) is 0 Å². The molecule has 0 aliphatic heterocycles. The van der Waals surface area contributed by atoms with E-state index in [4.69, 9.17) is 0 Å². The molecule has 4 heteroatoms. The molecule has 154 valence electrons. The molecule has 0 N–H and O–H groups in total. The van der Waals surface area contributed by atoms with E-state index in [-0.39, 0.29) is 79.3 Å². The predicted octanol–water partition coefficient (Wildman–Crippen LogP) is 7.90. The molecule has 0 saturated carbocycles. The SMILES string of the molecule is CC1=[C-]C(C)(c2cc(C(C)(C)C)cc(C(C)(C)C)c2)C(C)=C1C.Cl.Cl.Cl.[Hf]. The standard InChI is InChI=1S/C23H33.3ClH.Hf/c1-15-14-23(10,17(3)16(15)2)20-12-18(21(4,5)6)11-19(13-20)22(7,8)9;;;;/h11-13H,1-10H3;3*1H;/q-1;;;;. The van der Waals surface area contributed by atoms with E-state index in [1.807, 2.05) is 0 Å². The van der Waals surface area contributed by atoms with E-state index >= 15 is 0 Å². The molecule has 0 fully saturated rings. The monoisotopic (exact) mass is 597 g/mol. The summed E-state index contributed by atoms with van der Waals surface area (Å²) in [6, 6.07) is 7.19. The van der Waals surface area contributed by atoms with Gasteiger partial charge in [0.25, 0.3) is 0 Å². The van der Waals surface area contributed by atoms with Crippen LogP contribution in [0.2, 0.25) is 0 Å². The minimum Gasteiger partial charge on any atom is -0.258 e. The molecule has 1 aromatic carbocycles. The fraction of sp³-hybridized carbons (Fsp3) is 0.565. The number of allylic oxidation sites excluding steroid dienone is 4. The summed E-state index contributed by atoms with van der Waals surface area (Å²) in [4.78, 5) is 0. The van der Waals surface area contributed by atoms with E-state index in [0.717, 1.165) is 0 Å². The first kappa shape index (κ1) is 32.1. The van der Waals surface area contributed by atoms with Crippen molar-refractivity contribution in [3.8, 4) is 0 Å². The van der Waals surface area contributed by atoms with Crippen LogP contribution in [0.1, 0.15) is 85.9 Å². The fourth-order valence-electron chi connectivity index (χ4n) is 3.29. The molecule has 1 aromatic rings. The fourth-order valence-corrected chi connectivity index (χ4v) is 3.29. The van der Waals surface area contributed by atoms with Gasteiger partial charge in [-0.25, -0.2) is 5.57 Å². The summed E-state index contributed by atoms with van der Waals surface area (Å²) < 4.78 is 0. The van der Waals surface area contributed by atoms with Gasteiger partial charge in [-0.1, -0.05) is 91.5 Å². The summed E-state index contributed by atoms with van der Waals surface area (Å²) in [5, 5.41) is 0. The summed E-state index contributed by atoms with van der Waals surface area (Å²) in [6.07, 6.45) is 3.75. The van der Waals surface area contributed by atoms with Gasteiger partial charge in [0.05, 0.1) is 0 Å². The average Bonchev–Trinajstić information content (AvgIpc) is 2.61. The molecule has 0 amide bonds. The van der Waals surface area contributed by atoms with Gasteiger partial charge < -0.3 is 0 Å². The Morgan fingerprint density at radius 3 is 1.37 bits per heavy atom. The number of rotatable bonds is 1. The third-order valence-corrected chi connectivity index (χ3v) is 5.55. The quantitative estimate of drug-likeness (QED) is 0.228. The van der Waals surface area contributed by atoms with E-state index in [1.165, 1.54) is 33.4 Å². The Kier molecular flexibility index (Phi) is 12.4. The van der Waals surface area contributed by atoms with Crippen LogP contribution in [0.15, 0.2) is 34.9 Å². The van der Waals surface area contributed by atoms with E-state index in [0.29, 0.717) is 0 Å². The zero-order valence-electron chi connectivity index (χ0n) is 18.5. The van der Waals surface area contributed by atoms with Crippen LogP contribution in [0, 0.1) is 6.08 Å². The van der Waals surface area contributed by atoms with Crippen molar-refractivity contribution in [2.75, 3.05) is 0 Å². The Labute approximate surface area is 205 Å². The Bertz CT molecular complexity index is 671. The van der Waals surface area contributed by atoms with Crippen LogP contribution in [0.5, 0.6) is 0 Å². The smallest absolute Gasteiger partial charge is 0 e. The van der Waals surface area contributed by atoms with Crippen molar-refractivity contribution in [3.63, 3.8) is 0 Å². The van der Waals surface area contributed by atoms with Gasteiger partial charge in [-0.3, -0.25) is 6.08 Å². The van der Waals surface area contributed by atoms with Gasteiger partial charge in [-0.05, 0) is 22.0 Å². The van der Waals surface area contributed by atoms with E-state index in [2.05, 4.69) is 93.5 Å². The third kappa shape index (κ3) is 6.46. The average molecular weight is 597 g/mol. The second kappa shape index (κ2) is 10.5. The maximum atomic E-state index is 3.75. The molecular weight excluding hydrogens is 561 g/mol. The summed E-state index contributed by atoms with van der Waals surface area (Å²) in [5.74, 6) is 0. The first-order valence-electron chi connectivity index (χ1n) is 8.73. The second-order valence-corrected chi connectivity index (χ2v) is 9.42.